The first-order chi connectivity index (χ1) is 17.7. The van der Waals surface area contributed by atoms with Gasteiger partial charge in [0.1, 0.15) is 17.6 Å². The van der Waals surface area contributed by atoms with E-state index in [-0.39, 0.29) is 30.9 Å². The van der Waals surface area contributed by atoms with Gasteiger partial charge in [-0.25, -0.2) is 0 Å². The van der Waals surface area contributed by atoms with Gasteiger partial charge in [-0.05, 0) is 38.0 Å². The molecule has 3 aliphatic heterocycles. The van der Waals surface area contributed by atoms with Crippen LogP contribution in [0.3, 0.4) is 0 Å². The van der Waals surface area contributed by atoms with E-state index in [4.69, 9.17) is 9.47 Å². The summed E-state index contributed by atoms with van der Waals surface area (Å²) in [5, 5.41) is 10.5. The van der Waals surface area contributed by atoms with Crippen LogP contribution in [0.25, 0.3) is 0 Å². The number of fused-ring (bicyclic) bond motifs is 1. The van der Waals surface area contributed by atoms with Gasteiger partial charge in [-0.15, -0.1) is 13.2 Å². The van der Waals surface area contributed by atoms with Gasteiger partial charge < -0.3 is 24.4 Å². The molecule has 208 valence electrons. The fraction of sp³-hybridized carbons (Fsp3) is 0.759. The van der Waals surface area contributed by atoms with Crippen molar-refractivity contribution in [2.75, 3.05) is 26.3 Å². The molecule has 2 amide bonds. The highest BCUT2D eigenvalue weighted by Crippen LogP contribution is 2.65. The number of aliphatic hydroxyl groups excluding tert-OH is 1. The zero-order valence-electron chi connectivity index (χ0n) is 23.1. The Morgan fingerprint density at radius 3 is 2.57 bits per heavy atom. The largest absolute Gasteiger partial charge is 0.465 e. The lowest BCUT2D eigenvalue weighted by molar-refractivity contribution is -0.164. The van der Waals surface area contributed by atoms with Crippen molar-refractivity contribution in [1.29, 1.82) is 0 Å². The Labute approximate surface area is 222 Å². The normalized spacial score (nSPS) is 31.6. The van der Waals surface area contributed by atoms with Gasteiger partial charge in [-0.2, -0.15) is 0 Å². The van der Waals surface area contributed by atoms with E-state index < -0.39 is 41.1 Å². The summed E-state index contributed by atoms with van der Waals surface area (Å²) in [6.45, 7) is 16.4. The van der Waals surface area contributed by atoms with Crippen molar-refractivity contribution in [3.63, 3.8) is 0 Å². The fourth-order valence-electron chi connectivity index (χ4n) is 6.77. The molecule has 0 saturated carbocycles. The van der Waals surface area contributed by atoms with Crippen LogP contribution >= 0.6 is 0 Å². The second kappa shape index (κ2) is 12.1. The first kappa shape index (κ1) is 29.4. The summed E-state index contributed by atoms with van der Waals surface area (Å²) in [7, 11) is 0. The lowest BCUT2D eigenvalue weighted by Crippen LogP contribution is -2.60. The third-order valence-corrected chi connectivity index (χ3v) is 8.96. The molecule has 3 aliphatic rings. The number of nitrogens with zero attached hydrogens (tertiary/aromatic N) is 2. The van der Waals surface area contributed by atoms with Crippen LogP contribution in [0.1, 0.15) is 72.6 Å². The summed E-state index contributed by atoms with van der Waals surface area (Å²) in [6.07, 6.45) is 8.00. The Balaban J connectivity index is 2.12. The Morgan fingerprint density at radius 2 is 2.00 bits per heavy atom. The summed E-state index contributed by atoms with van der Waals surface area (Å²) >= 11 is 0. The van der Waals surface area contributed by atoms with Gasteiger partial charge in [0.25, 0.3) is 0 Å². The van der Waals surface area contributed by atoms with Crippen molar-refractivity contribution >= 4 is 17.8 Å². The molecular weight excluding hydrogens is 472 g/mol. The molecular formula is C29H46N2O6. The molecule has 3 saturated heterocycles. The van der Waals surface area contributed by atoms with Crippen LogP contribution in [0.2, 0.25) is 0 Å². The molecule has 1 N–H and O–H groups in total. The minimum atomic E-state index is -1.13. The average Bonchev–Trinajstić information content (AvgIpc) is 3.50. The minimum Gasteiger partial charge on any atom is -0.465 e. The van der Waals surface area contributed by atoms with Crippen LogP contribution in [0, 0.1) is 17.8 Å². The maximum Gasteiger partial charge on any atom is 0.312 e. The first-order valence-corrected chi connectivity index (χ1v) is 14.0. The second-order valence-corrected chi connectivity index (χ2v) is 10.9. The molecule has 3 rings (SSSR count). The van der Waals surface area contributed by atoms with Crippen LogP contribution in [-0.2, 0) is 23.9 Å². The highest BCUT2D eigenvalue weighted by atomic mass is 16.6. The zero-order valence-corrected chi connectivity index (χ0v) is 23.1. The van der Waals surface area contributed by atoms with Gasteiger partial charge >= 0.3 is 5.97 Å². The molecule has 0 aromatic heterocycles. The summed E-state index contributed by atoms with van der Waals surface area (Å²) < 4.78 is 12.4. The van der Waals surface area contributed by atoms with Gasteiger partial charge in [-0.3, -0.25) is 14.4 Å². The van der Waals surface area contributed by atoms with Crippen molar-refractivity contribution in [2.24, 2.45) is 17.8 Å². The highest BCUT2D eigenvalue weighted by molar-refractivity contribution is 5.98. The molecule has 0 aromatic rings. The molecule has 1 spiro atoms. The minimum absolute atomic E-state index is 0.0432. The number of carbonyl (C=O) groups excluding carboxylic acids is 3. The number of rotatable bonds is 15. The number of unbranched alkanes of at least 4 members (excludes halogenated alkanes) is 1. The molecule has 8 heteroatoms. The highest BCUT2D eigenvalue weighted by Gasteiger charge is 2.79. The quantitative estimate of drug-likeness (QED) is 0.203. The number of ether oxygens (including phenoxy) is 2. The number of aliphatic hydroxyl groups is 1. The van der Waals surface area contributed by atoms with Gasteiger partial charge in [0.15, 0.2) is 0 Å². The molecule has 2 unspecified atom stereocenters. The lowest BCUT2D eigenvalue weighted by Gasteiger charge is -2.41. The van der Waals surface area contributed by atoms with E-state index in [9.17, 15) is 19.5 Å². The number of hydrogen-bond acceptors (Lipinski definition) is 6. The van der Waals surface area contributed by atoms with Crippen molar-refractivity contribution in [3.05, 3.63) is 25.3 Å². The van der Waals surface area contributed by atoms with Gasteiger partial charge in [0.2, 0.25) is 11.8 Å². The van der Waals surface area contributed by atoms with Gasteiger partial charge in [-0.1, -0.05) is 52.7 Å². The Kier molecular flexibility index (Phi) is 9.62. The molecule has 37 heavy (non-hydrogen) atoms. The molecule has 0 aromatic carbocycles. The van der Waals surface area contributed by atoms with Crippen LogP contribution in [0.4, 0.5) is 0 Å². The Hall–Kier alpha value is -2.19. The SMILES string of the molecule is C=CCCOC(=O)[C@@H]1[C@H]2C(=O)N([C@@H](CO)[C@@H](C)CC)C(C(=O)N(CC=C)CCCC)C23CC[C@@]1(CC)O3. The van der Waals surface area contributed by atoms with E-state index in [1.807, 2.05) is 20.8 Å². The topological polar surface area (TPSA) is 96.4 Å². The van der Waals surface area contributed by atoms with E-state index in [0.717, 1.165) is 19.3 Å². The first-order valence-electron chi connectivity index (χ1n) is 14.0. The fourth-order valence-corrected chi connectivity index (χ4v) is 6.77. The summed E-state index contributed by atoms with van der Waals surface area (Å²) in [6, 6.07) is -1.46. The Morgan fingerprint density at radius 1 is 1.27 bits per heavy atom. The summed E-state index contributed by atoms with van der Waals surface area (Å²) in [5.74, 6) is -2.58. The second-order valence-electron chi connectivity index (χ2n) is 10.9. The lowest BCUT2D eigenvalue weighted by atomic mass is 9.65. The van der Waals surface area contributed by atoms with Crippen molar-refractivity contribution in [1.82, 2.24) is 9.80 Å². The summed E-state index contributed by atoms with van der Waals surface area (Å²) in [4.78, 5) is 45.5. The van der Waals surface area contributed by atoms with E-state index in [1.54, 1.807) is 22.0 Å². The van der Waals surface area contributed by atoms with Crippen molar-refractivity contribution in [3.8, 4) is 0 Å². The molecule has 0 aliphatic carbocycles. The Bertz CT molecular complexity index is 876. The van der Waals surface area contributed by atoms with Crippen LogP contribution < -0.4 is 0 Å². The van der Waals surface area contributed by atoms with Crippen molar-refractivity contribution in [2.45, 2.75) is 95.9 Å². The number of esters is 1. The average molecular weight is 519 g/mol. The standard InChI is InChI=1S/C29H46N2O6/c1-7-12-17-30(16-9-3)26(34)24-29-15-14-28(11-5,37-29)23(27(35)36-18-13-8-2)22(29)25(33)31(24)21(19-32)20(6)10-4/h8-9,20-24,32H,2-3,7,10-19H2,1,4-6H3/t20-,21-,22-,23-,24?,28+,29?/m0/s1. The molecule has 7 atom stereocenters. The number of hydrogen-bond donors (Lipinski definition) is 1. The molecule has 0 radical (unpaired) electrons. The van der Waals surface area contributed by atoms with Crippen LogP contribution in [-0.4, -0.2) is 82.3 Å². The monoisotopic (exact) mass is 518 g/mol. The van der Waals surface area contributed by atoms with Crippen LogP contribution in [0.15, 0.2) is 25.3 Å². The van der Waals surface area contributed by atoms with Crippen molar-refractivity contribution < 1.29 is 29.0 Å². The summed E-state index contributed by atoms with van der Waals surface area (Å²) in [5.41, 5.74) is -1.97. The van der Waals surface area contributed by atoms with Gasteiger partial charge in [0.05, 0.1) is 30.8 Å². The van der Waals surface area contributed by atoms with Gasteiger partial charge in [0, 0.05) is 13.1 Å². The third kappa shape index (κ3) is 4.87. The van der Waals surface area contributed by atoms with E-state index in [2.05, 4.69) is 20.1 Å². The number of likely N-dealkylation sites (tertiary alicyclic amines) is 1. The van der Waals surface area contributed by atoms with E-state index in [0.29, 0.717) is 38.8 Å². The molecule has 8 nitrogen and oxygen atoms in total. The maximum atomic E-state index is 14.3. The predicted octanol–water partition coefficient (Wildman–Crippen LogP) is 3.48. The van der Waals surface area contributed by atoms with E-state index in [1.165, 1.54) is 0 Å². The third-order valence-electron chi connectivity index (χ3n) is 8.96. The van der Waals surface area contributed by atoms with Crippen LogP contribution in [0.5, 0.6) is 0 Å². The maximum absolute atomic E-state index is 14.3. The molecule has 2 bridgehead atoms. The molecule has 3 fully saturated rings. The van der Waals surface area contributed by atoms with E-state index >= 15 is 0 Å². The number of carbonyl (C=O) groups is 3. The smallest absolute Gasteiger partial charge is 0.312 e. The predicted molar refractivity (Wildman–Crippen MR) is 141 cm³/mol. The number of amides is 2. The molecule has 3 heterocycles. The zero-order chi connectivity index (χ0) is 27.4.